The molecule has 2 aromatic heterocycles. The lowest BCUT2D eigenvalue weighted by atomic mass is 10.1. The smallest absolute Gasteiger partial charge is 0.236 e. The number of nitrogens with zero attached hydrogens (tertiary/aromatic N) is 2. The van der Waals surface area contributed by atoms with Crippen molar-refractivity contribution in [1.29, 1.82) is 0 Å². The van der Waals surface area contributed by atoms with Crippen molar-refractivity contribution < 1.29 is 8.42 Å². The van der Waals surface area contributed by atoms with Crippen LogP contribution in [0.5, 0.6) is 0 Å². The van der Waals surface area contributed by atoms with Crippen molar-refractivity contribution in [1.82, 2.24) is 9.38 Å². The molecule has 0 spiro atoms. The minimum Gasteiger partial charge on any atom is -0.306 e. The molecule has 1 N–H and O–H groups in total. The summed E-state index contributed by atoms with van der Waals surface area (Å²) >= 11 is 0. The van der Waals surface area contributed by atoms with Gasteiger partial charge in [-0.15, -0.1) is 0 Å². The summed E-state index contributed by atoms with van der Waals surface area (Å²) in [6.07, 6.45) is 3.86. The second-order valence-electron chi connectivity index (χ2n) is 6.52. The van der Waals surface area contributed by atoms with E-state index in [4.69, 9.17) is 0 Å². The minimum absolute atomic E-state index is 0.0636. The van der Waals surface area contributed by atoms with Gasteiger partial charge in [0.15, 0.2) is 0 Å². The van der Waals surface area contributed by atoms with Crippen LogP contribution in [0.15, 0.2) is 79.1 Å². The molecule has 0 amide bonds. The van der Waals surface area contributed by atoms with Gasteiger partial charge in [0, 0.05) is 23.6 Å². The zero-order valence-corrected chi connectivity index (χ0v) is 15.6. The molecule has 6 heteroatoms. The molecular formula is C21H19N3O2S. The van der Waals surface area contributed by atoms with E-state index in [2.05, 4.69) is 9.71 Å². The van der Waals surface area contributed by atoms with Crippen LogP contribution in [0.25, 0.3) is 16.9 Å². The number of nitrogens with one attached hydrogen (secondary N) is 1. The molecule has 136 valence electrons. The van der Waals surface area contributed by atoms with E-state index in [1.165, 1.54) is 0 Å². The number of benzene rings is 2. The van der Waals surface area contributed by atoms with Crippen molar-refractivity contribution in [3.8, 4) is 11.3 Å². The first kappa shape index (κ1) is 17.3. The minimum atomic E-state index is -3.50. The van der Waals surface area contributed by atoms with Gasteiger partial charge < -0.3 is 4.40 Å². The summed E-state index contributed by atoms with van der Waals surface area (Å²) < 4.78 is 29.6. The lowest BCUT2D eigenvalue weighted by molar-refractivity contribution is 0.600. The number of rotatable bonds is 5. The number of imidazole rings is 1. The largest absolute Gasteiger partial charge is 0.306 e. The molecule has 0 bridgehead atoms. The maximum absolute atomic E-state index is 12.5. The summed E-state index contributed by atoms with van der Waals surface area (Å²) in [5.74, 6) is -0.0636. The molecule has 2 heterocycles. The van der Waals surface area contributed by atoms with Crippen LogP contribution in [0, 0.1) is 6.92 Å². The van der Waals surface area contributed by atoms with E-state index >= 15 is 0 Å². The van der Waals surface area contributed by atoms with E-state index in [0.29, 0.717) is 5.69 Å². The third-order valence-electron chi connectivity index (χ3n) is 4.27. The Kier molecular flexibility index (Phi) is 4.41. The van der Waals surface area contributed by atoms with Crippen molar-refractivity contribution in [3.05, 3.63) is 90.3 Å². The first-order valence-corrected chi connectivity index (χ1v) is 10.2. The molecule has 27 heavy (non-hydrogen) atoms. The molecule has 0 unspecified atom stereocenters. The average Bonchev–Trinajstić information content (AvgIpc) is 3.07. The first-order chi connectivity index (χ1) is 13.0. The van der Waals surface area contributed by atoms with Gasteiger partial charge in [-0.25, -0.2) is 13.4 Å². The van der Waals surface area contributed by atoms with Gasteiger partial charge in [0.1, 0.15) is 5.65 Å². The van der Waals surface area contributed by atoms with Gasteiger partial charge in [-0.2, -0.15) is 0 Å². The number of anilines is 1. The van der Waals surface area contributed by atoms with Gasteiger partial charge in [-0.1, -0.05) is 48.0 Å². The second-order valence-corrected chi connectivity index (χ2v) is 8.24. The van der Waals surface area contributed by atoms with Crippen LogP contribution in [0.2, 0.25) is 0 Å². The molecule has 0 aliphatic heterocycles. The van der Waals surface area contributed by atoms with Gasteiger partial charge >= 0.3 is 0 Å². The summed E-state index contributed by atoms with van der Waals surface area (Å²) in [5.41, 5.74) is 4.87. The Bertz CT molecular complexity index is 1160. The van der Waals surface area contributed by atoms with Crippen molar-refractivity contribution in [2.24, 2.45) is 0 Å². The topological polar surface area (TPSA) is 63.5 Å². The number of aromatic nitrogens is 2. The van der Waals surface area contributed by atoms with E-state index in [0.717, 1.165) is 28.0 Å². The van der Waals surface area contributed by atoms with Gasteiger partial charge in [0.05, 0.1) is 11.4 Å². The van der Waals surface area contributed by atoms with E-state index in [9.17, 15) is 8.42 Å². The van der Waals surface area contributed by atoms with Crippen molar-refractivity contribution in [2.45, 2.75) is 12.7 Å². The Morgan fingerprint density at radius 3 is 2.59 bits per heavy atom. The zero-order valence-electron chi connectivity index (χ0n) is 14.8. The molecule has 0 saturated carbocycles. The highest BCUT2D eigenvalue weighted by Crippen LogP contribution is 2.23. The van der Waals surface area contributed by atoms with Crippen molar-refractivity contribution >= 4 is 21.4 Å². The molecule has 4 rings (SSSR count). The van der Waals surface area contributed by atoms with E-state index < -0.39 is 10.0 Å². The Morgan fingerprint density at radius 2 is 1.81 bits per heavy atom. The van der Waals surface area contributed by atoms with Crippen molar-refractivity contribution in [3.63, 3.8) is 0 Å². The third-order valence-corrected chi connectivity index (χ3v) is 5.53. The SMILES string of the molecule is Cc1ccc(CS(=O)(=O)Nc2cccc(-c3cn4ccccc4n3)c2)cc1. The zero-order chi connectivity index (χ0) is 18.9. The molecule has 0 saturated heterocycles. The predicted octanol–water partition coefficient (Wildman–Crippen LogP) is 4.25. The molecule has 2 aromatic carbocycles. The Morgan fingerprint density at radius 1 is 1.00 bits per heavy atom. The van der Waals surface area contributed by atoms with Crippen LogP contribution in [0.4, 0.5) is 5.69 Å². The molecular weight excluding hydrogens is 358 g/mol. The Balaban J connectivity index is 1.57. The molecule has 0 atom stereocenters. The third kappa shape index (κ3) is 4.01. The Labute approximate surface area is 158 Å². The average molecular weight is 377 g/mol. The Hall–Kier alpha value is -3.12. The number of sulfonamides is 1. The summed E-state index contributed by atoms with van der Waals surface area (Å²) in [4.78, 5) is 4.58. The summed E-state index contributed by atoms with van der Waals surface area (Å²) in [6.45, 7) is 1.97. The first-order valence-electron chi connectivity index (χ1n) is 8.59. The van der Waals surface area contributed by atoms with E-state index in [-0.39, 0.29) is 5.75 Å². The second kappa shape index (κ2) is 6.89. The molecule has 0 fully saturated rings. The lowest BCUT2D eigenvalue weighted by Gasteiger charge is -2.09. The van der Waals surface area contributed by atoms with Gasteiger partial charge in [-0.05, 0) is 36.8 Å². The van der Waals surface area contributed by atoms with Gasteiger partial charge in [0.2, 0.25) is 10.0 Å². The fraction of sp³-hybridized carbons (Fsp3) is 0.0952. The fourth-order valence-corrected chi connectivity index (χ4v) is 4.12. The molecule has 4 aromatic rings. The highest BCUT2D eigenvalue weighted by molar-refractivity contribution is 7.91. The monoisotopic (exact) mass is 377 g/mol. The van der Waals surface area contributed by atoms with Gasteiger partial charge in [0.25, 0.3) is 0 Å². The molecule has 0 radical (unpaired) electrons. The predicted molar refractivity (Wildman–Crippen MR) is 108 cm³/mol. The number of pyridine rings is 1. The number of hydrogen-bond donors (Lipinski definition) is 1. The quantitative estimate of drug-likeness (QED) is 0.565. The van der Waals surface area contributed by atoms with E-state index in [1.807, 2.05) is 78.3 Å². The van der Waals surface area contributed by atoms with Crippen LogP contribution in [-0.2, 0) is 15.8 Å². The fourth-order valence-electron chi connectivity index (χ4n) is 2.94. The molecule has 0 aliphatic carbocycles. The van der Waals surface area contributed by atoms with Crippen LogP contribution >= 0.6 is 0 Å². The van der Waals surface area contributed by atoms with Gasteiger partial charge in [-0.3, -0.25) is 4.72 Å². The highest BCUT2D eigenvalue weighted by atomic mass is 32.2. The van der Waals surface area contributed by atoms with Crippen molar-refractivity contribution in [2.75, 3.05) is 4.72 Å². The molecule has 0 aliphatic rings. The number of fused-ring (bicyclic) bond motifs is 1. The van der Waals surface area contributed by atoms with Crippen LogP contribution in [0.3, 0.4) is 0 Å². The molecule has 5 nitrogen and oxygen atoms in total. The highest BCUT2D eigenvalue weighted by Gasteiger charge is 2.13. The standard InChI is InChI=1S/C21H19N3O2S/c1-16-8-10-17(11-9-16)15-27(25,26)23-19-6-4-5-18(13-19)20-14-24-12-3-2-7-21(24)22-20/h2-14,23H,15H2,1H3. The van der Waals surface area contributed by atoms with E-state index in [1.54, 1.807) is 12.1 Å². The summed E-state index contributed by atoms with van der Waals surface area (Å²) in [6, 6.07) is 20.6. The number of aryl methyl sites for hydroxylation is 1. The lowest BCUT2D eigenvalue weighted by Crippen LogP contribution is -2.15. The number of hydrogen-bond acceptors (Lipinski definition) is 3. The summed E-state index contributed by atoms with van der Waals surface area (Å²) in [5, 5.41) is 0. The normalized spacial score (nSPS) is 11.6. The van der Waals surface area contributed by atoms with Crippen LogP contribution in [0.1, 0.15) is 11.1 Å². The maximum atomic E-state index is 12.5. The summed E-state index contributed by atoms with van der Waals surface area (Å²) in [7, 11) is -3.50. The van der Waals surface area contributed by atoms with Crippen LogP contribution < -0.4 is 4.72 Å². The maximum Gasteiger partial charge on any atom is 0.236 e. The van der Waals surface area contributed by atoms with Crippen LogP contribution in [-0.4, -0.2) is 17.8 Å².